The molecule has 0 aliphatic carbocycles. The number of carbonyl (C=O) groups excluding carboxylic acids is 1. The predicted molar refractivity (Wildman–Crippen MR) is 86.1 cm³/mol. The highest BCUT2D eigenvalue weighted by atomic mass is 35.5. The van der Waals surface area contributed by atoms with Crippen LogP contribution >= 0.6 is 11.6 Å². The van der Waals surface area contributed by atoms with Gasteiger partial charge in [-0.1, -0.05) is 31.0 Å². The lowest BCUT2D eigenvalue weighted by molar-refractivity contribution is -0.112. The monoisotopic (exact) mass is 305 g/mol. The molecular formula is C16H20ClN3O. The van der Waals surface area contributed by atoms with E-state index in [1.165, 1.54) is 0 Å². The molecule has 1 amide bonds. The van der Waals surface area contributed by atoms with Gasteiger partial charge in [0, 0.05) is 30.5 Å². The van der Waals surface area contributed by atoms with Gasteiger partial charge in [-0.2, -0.15) is 5.26 Å². The minimum atomic E-state index is -0.430. The van der Waals surface area contributed by atoms with E-state index in [9.17, 15) is 4.79 Å². The minimum absolute atomic E-state index is 0.0744. The summed E-state index contributed by atoms with van der Waals surface area (Å²) in [4.78, 5) is 13.9. The van der Waals surface area contributed by atoms with Crippen LogP contribution in [-0.2, 0) is 4.79 Å². The summed E-state index contributed by atoms with van der Waals surface area (Å²) in [5, 5.41) is 12.4. The summed E-state index contributed by atoms with van der Waals surface area (Å²) in [5.74, 6) is -0.430. The molecule has 0 radical (unpaired) electrons. The molecule has 0 fully saturated rings. The third-order valence-electron chi connectivity index (χ3n) is 3.01. The van der Waals surface area contributed by atoms with Crippen LogP contribution in [0.3, 0.4) is 0 Å². The number of hydrogen-bond donors (Lipinski definition) is 1. The zero-order valence-electron chi connectivity index (χ0n) is 12.6. The van der Waals surface area contributed by atoms with Gasteiger partial charge < -0.3 is 10.2 Å². The summed E-state index contributed by atoms with van der Waals surface area (Å²) < 4.78 is 0. The van der Waals surface area contributed by atoms with Crippen LogP contribution in [0.4, 0.5) is 5.69 Å². The summed E-state index contributed by atoms with van der Waals surface area (Å²) in [6.45, 7) is 4.79. The Bertz CT molecular complexity index is 575. The van der Waals surface area contributed by atoms with Crippen LogP contribution in [0, 0.1) is 18.3 Å². The van der Waals surface area contributed by atoms with E-state index < -0.39 is 5.91 Å². The van der Waals surface area contributed by atoms with Gasteiger partial charge >= 0.3 is 0 Å². The molecule has 1 N–H and O–H groups in total. The Morgan fingerprint density at radius 1 is 1.52 bits per heavy atom. The van der Waals surface area contributed by atoms with Gasteiger partial charge in [-0.25, -0.2) is 0 Å². The van der Waals surface area contributed by atoms with Gasteiger partial charge in [0.2, 0.25) is 0 Å². The Morgan fingerprint density at radius 3 is 2.81 bits per heavy atom. The standard InChI is InChI=1S/C16H20ClN3O/c1-4-5-8-20(3)11-13(10-18)16(21)19-14-7-6-12(2)15(17)9-14/h6-7,9,11H,4-5,8H2,1-3H3,(H,19,21)/b13-11-. The number of anilines is 1. The van der Waals surface area contributed by atoms with Gasteiger partial charge in [0.05, 0.1) is 0 Å². The van der Waals surface area contributed by atoms with Crippen molar-refractivity contribution in [2.45, 2.75) is 26.7 Å². The van der Waals surface area contributed by atoms with Crippen molar-refractivity contribution in [3.8, 4) is 6.07 Å². The lowest BCUT2D eigenvalue weighted by atomic mass is 10.2. The first kappa shape index (κ1) is 17.1. The molecule has 0 saturated heterocycles. The summed E-state index contributed by atoms with van der Waals surface area (Å²) in [6.07, 6.45) is 3.65. The Kier molecular flexibility index (Phi) is 6.77. The second-order valence-electron chi connectivity index (χ2n) is 4.91. The average Bonchev–Trinajstić information content (AvgIpc) is 2.46. The lowest BCUT2D eigenvalue weighted by Crippen LogP contribution is -2.19. The van der Waals surface area contributed by atoms with Crippen LogP contribution in [0.2, 0.25) is 5.02 Å². The van der Waals surface area contributed by atoms with Gasteiger partial charge in [-0.3, -0.25) is 4.79 Å². The van der Waals surface area contributed by atoms with Crippen molar-refractivity contribution in [2.75, 3.05) is 18.9 Å². The molecule has 0 saturated carbocycles. The number of benzene rings is 1. The van der Waals surface area contributed by atoms with E-state index in [0.29, 0.717) is 10.7 Å². The number of nitrogens with zero attached hydrogens (tertiary/aromatic N) is 2. The van der Waals surface area contributed by atoms with Crippen molar-refractivity contribution in [2.24, 2.45) is 0 Å². The number of aryl methyl sites for hydroxylation is 1. The number of unbranched alkanes of at least 4 members (excludes halogenated alkanes) is 1. The first-order chi connectivity index (χ1) is 9.97. The molecule has 0 atom stereocenters. The molecule has 1 aromatic rings. The Balaban J connectivity index is 2.77. The van der Waals surface area contributed by atoms with Crippen LogP contribution in [-0.4, -0.2) is 24.4 Å². The number of nitriles is 1. The van der Waals surface area contributed by atoms with Crippen molar-refractivity contribution in [3.63, 3.8) is 0 Å². The van der Waals surface area contributed by atoms with E-state index in [2.05, 4.69) is 12.2 Å². The number of nitrogens with one attached hydrogen (secondary N) is 1. The summed E-state index contributed by atoms with van der Waals surface area (Å²) in [7, 11) is 1.85. The first-order valence-corrected chi connectivity index (χ1v) is 7.25. The van der Waals surface area contributed by atoms with Gasteiger partial charge in [0.1, 0.15) is 11.6 Å². The van der Waals surface area contributed by atoms with E-state index in [4.69, 9.17) is 16.9 Å². The van der Waals surface area contributed by atoms with E-state index >= 15 is 0 Å². The lowest BCUT2D eigenvalue weighted by Gasteiger charge is -2.14. The SMILES string of the molecule is CCCCN(C)/C=C(/C#N)C(=O)Nc1ccc(C)c(Cl)c1. The molecule has 112 valence electrons. The summed E-state index contributed by atoms with van der Waals surface area (Å²) >= 11 is 6.01. The van der Waals surface area contributed by atoms with Crippen molar-refractivity contribution < 1.29 is 4.79 Å². The highest BCUT2D eigenvalue weighted by Gasteiger charge is 2.11. The largest absolute Gasteiger partial charge is 0.379 e. The minimum Gasteiger partial charge on any atom is -0.379 e. The molecule has 1 aromatic carbocycles. The highest BCUT2D eigenvalue weighted by molar-refractivity contribution is 6.31. The number of rotatable bonds is 6. The summed E-state index contributed by atoms with van der Waals surface area (Å²) in [6, 6.07) is 7.18. The van der Waals surface area contributed by atoms with Gasteiger partial charge in [-0.05, 0) is 31.0 Å². The number of carbonyl (C=O) groups is 1. The second-order valence-corrected chi connectivity index (χ2v) is 5.31. The van der Waals surface area contributed by atoms with Crippen LogP contribution < -0.4 is 5.32 Å². The molecule has 21 heavy (non-hydrogen) atoms. The highest BCUT2D eigenvalue weighted by Crippen LogP contribution is 2.20. The van der Waals surface area contributed by atoms with Crippen LogP contribution in [0.5, 0.6) is 0 Å². The molecule has 4 nitrogen and oxygen atoms in total. The van der Waals surface area contributed by atoms with Crippen molar-refractivity contribution in [1.82, 2.24) is 4.90 Å². The van der Waals surface area contributed by atoms with Crippen molar-refractivity contribution >= 4 is 23.2 Å². The molecule has 0 spiro atoms. The topological polar surface area (TPSA) is 56.1 Å². The zero-order chi connectivity index (χ0) is 15.8. The van der Waals surface area contributed by atoms with Crippen LogP contribution in [0.15, 0.2) is 30.0 Å². The summed E-state index contributed by atoms with van der Waals surface area (Å²) in [5.41, 5.74) is 1.59. The first-order valence-electron chi connectivity index (χ1n) is 6.87. The van der Waals surface area contributed by atoms with E-state index in [-0.39, 0.29) is 5.57 Å². The van der Waals surface area contributed by atoms with Crippen molar-refractivity contribution in [3.05, 3.63) is 40.6 Å². The number of halogens is 1. The maximum absolute atomic E-state index is 12.1. The molecule has 1 rings (SSSR count). The number of amides is 1. The fourth-order valence-corrected chi connectivity index (χ4v) is 1.88. The zero-order valence-corrected chi connectivity index (χ0v) is 13.4. The fraction of sp³-hybridized carbons (Fsp3) is 0.375. The quantitative estimate of drug-likeness (QED) is 0.643. The average molecular weight is 306 g/mol. The maximum atomic E-state index is 12.1. The van der Waals surface area contributed by atoms with Crippen molar-refractivity contribution in [1.29, 1.82) is 5.26 Å². The molecule has 0 heterocycles. The number of hydrogen-bond acceptors (Lipinski definition) is 3. The molecule has 0 bridgehead atoms. The fourth-order valence-electron chi connectivity index (χ4n) is 1.70. The van der Waals surface area contributed by atoms with E-state index in [0.717, 1.165) is 24.9 Å². The molecule has 0 aliphatic heterocycles. The smallest absolute Gasteiger partial charge is 0.267 e. The Hall–Kier alpha value is -1.99. The molecule has 0 aromatic heterocycles. The van der Waals surface area contributed by atoms with Gasteiger partial charge in [0.25, 0.3) is 5.91 Å². The van der Waals surface area contributed by atoms with Crippen LogP contribution in [0.1, 0.15) is 25.3 Å². The van der Waals surface area contributed by atoms with E-state index in [1.807, 2.05) is 31.0 Å². The van der Waals surface area contributed by atoms with Crippen LogP contribution in [0.25, 0.3) is 0 Å². The molecule has 0 aliphatic rings. The van der Waals surface area contributed by atoms with Gasteiger partial charge in [-0.15, -0.1) is 0 Å². The van der Waals surface area contributed by atoms with Gasteiger partial charge in [0.15, 0.2) is 0 Å². The Morgan fingerprint density at radius 2 is 2.24 bits per heavy atom. The normalized spacial score (nSPS) is 10.9. The predicted octanol–water partition coefficient (Wildman–Crippen LogP) is 3.73. The third-order valence-corrected chi connectivity index (χ3v) is 3.42. The molecule has 5 heteroatoms. The second kappa shape index (κ2) is 8.33. The molecular weight excluding hydrogens is 286 g/mol. The van der Waals surface area contributed by atoms with E-state index in [1.54, 1.807) is 18.3 Å². The Labute approximate surface area is 131 Å². The maximum Gasteiger partial charge on any atom is 0.267 e. The molecule has 0 unspecified atom stereocenters. The third kappa shape index (κ3) is 5.49.